The van der Waals surface area contributed by atoms with Crippen molar-refractivity contribution < 1.29 is 19.0 Å². The van der Waals surface area contributed by atoms with Crippen molar-refractivity contribution in [2.75, 3.05) is 0 Å². The van der Waals surface area contributed by atoms with E-state index in [9.17, 15) is 14.6 Å². The molecule has 0 unspecified atom stereocenters. The summed E-state index contributed by atoms with van der Waals surface area (Å²) in [5.41, 5.74) is 3.18. The van der Waals surface area contributed by atoms with Gasteiger partial charge in [0, 0.05) is 17.0 Å². The van der Waals surface area contributed by atoms with Crippen molar-refractivity contribution in [1.29, 1.82) is 0 Å². The second-order valence-electron chi connectivity index (χ2n) is 5.98. The largest absolute Gasteiger partial charge is 0.508 e. The molecule has 0 spiro atoms. The summed E-state index contributed by atoms with van der Waals surface area (Å²) in [6.45, 7) is 1.83. The Hall–Kier alpha value is -3.27. The van der Waals surface area contributed by atoms with Crippen LogP contribution in [-0.4, -0.2) is 10.2 Å². The number of halogens is 1. The van der Waals surface area contributed by atoms with E-state index in [0.29, 0.717) is 22.3 Å². The molecule has 0 aliphatic rings. The smallest absolute Gasteiger partial charge is 0.146 e. The van der Waals surface area contributed by atoms with Gasteiger partial charge in [0.25, 0.3) is 0 Å². The van der Waals surface area contributed by atoms with E-state index in [1.807, 2.05) is 37.3 Å². The van der Waals surface area contributed by atoms with Gasteiger partial charge in [0.15, 0.2) is 0 Å². The molecule has 124 valence electrons. The Bertz CT molecular complexity index is 1080. The number of rotatable bonds is 2. The van der Waals surface area contributed by atoms with Crippen LogP contribution in [0.4, 0.5) is 4.39 Å². The second-order valence-corrected chi connectivity index (χ2v) is 5.98. The number of phenols is 2. The number of aryl methyl sites for hydroxylation is 1. The van der Waals surface area contributed by atoms with E-state index >= 15 is 0 Å². The number of furan rings is 1. The van der Waals surface area contributed by atoms with Gasteiger partial charge in [0.05, 0.1) is 5.56 Å². The fraction of sp³-hybridized carbons (Fsp3) is 0.0476. The summed E-state index contributed by atoms with van der Waals surface area (Å²) in [6.07, 6.45) is 0. The first kappa shape index (κ1) is 15.3. The normalized spacial score (nSPS) is 11.1. The number of aromatic hydroxyl groups is 2. The molecule has 0 saturated heterocycles. The Morgan fingerprint density at radius 2 is 1.64 bits per heavy atom. The van der Waals surface area contributed by atoms with Crippen molar-refractivity contribution in [1.82, 2.24) is 0 Å². The van der Waals surface area contributed by atoms with Crippen molar-refractivity contribution >= 4 is 11.0 Å². The lowest BCUT2D eigenvalue weighted by Gasteiger charge is -2.05. The van der Waals surface area contributed by atoms with Crippen molar-refractivity contribution in [3.8, 4) is 33.9 Å². The Labute approximate surface area is 143 Å². The number of fused-ring (bicyclic) bond motifs is 1. The molecule has 3 aromatic carbocycles. The summed E-state index contributed by atoms with van der Waals surface area (Å²) in [6, 6.07) is 16.7. The average Bonchev–Trinajstić information content (AvgIpc) is 2.95. The Balaban J connectivity index is 2.12. The van der Waals surface area contributed by atoms with Crippen LogP contribution in [0.2, 0.25) is 0 Å². The Morgan fingerprint density at radius 3 is 2.36 bits per heavy atom. The minimum atomic E-state index is -0.571. The molecule has 1 heterocycles. The molecule has 3 nitrogen and oxygen atoms in total. The first-order valence-corrected chi connectivity index (χ1v) is 7.85. The monoisotopic (exact) mass is 334 g/mol. The van der Waals surface area contributed by atoms with Crippen LogP contribution in [-0.2, 0) is 0 Å². The molecule has 4 aromatic rings. The lowest BCUT2D eigenvalue weighted by atomic mass is 9.97. The third kappa shape index (κ3) is 2.52. The first-order chi connectivity index (χ1) is 12.0. The van der Waals surface area contributed by atoms with Gasteiger partial charge in [-0.15, -0.1) is 0 Å². The molecule has 2 N–H and O–H groups in total. The van der Waals surface area contributed by atoms with Crippen LogP contribution in [0.25, 0.3) is 33.4 Å². The molecule has 0 radical (unpaired) electrons. The standard InChI is InChI=1S/C21H15FO3/c1-12-9-15(24)10-17-19(13-5-3-2-4-6-13)21(25-20(12)17)16-8-7-14(23)11-18(16)22/h2-11,23-24H,1H3. The van der Waals surface area contributed by atoms with E-state index in [-0.39, 0.29) is 17.1 Å². The number of benzene rings is 3. The molecule has 0 aliphatic carbocycles. The molecule has 4 heteroatoms. The van der Waals surface area contributed by atoms with Gasteiger partial charge in [-0.3, -0.25) is 0 Å². The maximum Gasteiger partial charge on any atom is 0.146 e. The minimum Gasteiger partial charge on any atom is -0.508 e. The number of phenolic OH excluding ortho intramolecular Hbond substituents is 2. The summed E-state index contributed by atoms with van der Waals surface area (Å²) in [7, 11) is 0. The van der Waals surface area contributed by atoms with E-state index in [4.69, 9.17) is 4.42 Å². The predicted octanol–water partition coefficient (Wildman–Crippen LogP) is 5.63. The zero-order valence-electron chi connectivity index (χ0n) is 13.5. The summed E-state index contributed by atoms with van der Waals surface area (Å²) < 4.78 is 20.5. The molecular weight excluding hydrogens is 319 g/mol. The van der Waals surface area contributed by atoms with Crippen molar-refractivity contribution in [2.24, 2.45) is 0 Å². The second kappa shape index (κ2) is 5.67. The zero-order valence-corrected chi connectivity index (χ0v) is 13.5. The van der Waals surface area contributed by atoms with Crippen LogP contribution in [0.3, 0.4) is 0 Å². The fourth-order valence-corrected chi connectivity index (χ4v) is 3.12. The van der Waals surface area contributed by atoms with Crippen LogP contribution in [0.15, 0.2) is 65.1 Å². The zero-order chi connectivity index (χ0) is 17.6. The highest BCUT2D eigenvalue weighted by Gasteiger charge is 2.21. The Morgan fingerprint density at radius 1 is 0.880 bits per heavy atom. The Kier molecular flexibility index (Phi) is 3.46. The van der Waals surface area contributed by atoms with E-state index < -0.39 is 5.82 Å². The van der Waals surface area contributed by atoms with Gasteiger partial charge in [-0.2, -0.15) is 0 Å². The van der Waals surface area contributed by atoms with E-state index in [1.165, 1.54) is 12.1 Å². The topological polar surface area (TPSA) is 53.6 Å². The highest BCUT2D eigenvalue weighted by Crippen LogP contribution is 2.44. The van der Waals surface area contributed by atoms with Gasteiger partial charge in [-0.1, -0.05) is 30.3 Å². The molecule has 0 bridgehead atoms. The van der Waals surface area contributed by atoms with E-state index in [0.717, 1.165) is 17.2 Å². The van der Waals surface area contributed by atoms with Crippen molar-refractivity contribution in [2.45, 2.75) is 6.92 Å². The van der Waals surface area contributed by atoms with Gasteiger partial charge in [-0.05, 0) is 42.3 Å². The molecule has 0 fully saturated rings. The van der Waals surface area contributed by atoms with Crippen LogP contribution < -0.4 is 0 Å². The van der Waals surface area contributed by atoms with Gasteiger partial charge in [0.2, 0.25) is 0 Å². The average molecular weight is 334 g/mol. The molecular formula is C21H15FO3. The quantitative estimate of drug-likeness (QED) is 0.500. The highest BCUT2D eigenvalue weighted by atomic mass is 19.1. The number of hydrogen-bond acceptors (Lipinski definition) is 3. The van der Waals surface area contributed by atoms with Gasteiger partial charge in [0.1, 0.15) is 28.7 Å². The molecule has 25 heavy (non-hydrogen) atoms. The molecule has 0 aliphatic heterocycles. The fourth-order valence-electron chi connectivity index (χ4n) is 3.12. The van der Waals surface area contributed by atoms with Crippen LogP contribution >= 0.6 is 0 Å². The molecule has 0 amide bonds. The molecule has 0 saturated carbocycles. The molecule has 1 aromatic heterocycles. The molecule has 0 atom stereocenters. The van der Waals surface area contributed by atoms with Crippen molar-refractivity contribution in [3.05, 3.63) is 72.0 Å². The maximum atomic E-state index is 14.5. The van der Waals surface area contributed by atoms with Crippen molar-refractivity contribution in [3.63, 3.8) is 0 Å². The van der Waals surface area contributed by atoms with E-state index in [2.05, 4.69) is 0 Å². The summed E-state index contributed by atoms with van der Waals surface area (Å²) in [5, 5.41) is 20.2. The highest BCUT2D eigenvalue weighted by molar-refractivity contribution is 6.03. The summed E-state index contributed by atoms with van der Waals surface area (Å²) in [4.78, 5) is 0. The van der Waals surface area contributed by atoms with Crippen LogP contribution in [0.5, 0.6) is 11.5 Å². The minimum absolute atomic E-state index is 0.126. The SMILES string of the molecule is Cc1cc(O)cc2c(-c3ccccc3)c(-c3ccc(O)cc3F)oc12. The van der Waals surface area contributed by atoms with Gasteiger partial charge < -0.3 is 14.6 Å². The summed E-state index contributed by atoms with van der Waals surface area (Å²) in [5.74, 6) is -0.223. The van der Waals surface area contributed by atoms with Crippen LogP contribution in [0, 0.1) is 12.7 Å². The van der Waals surface area contributed by atoms with Gasteiger partial charge in [-0.25, -0.2) is 4.39 Å². The third-order valence-electron chi connectivity index (χ3n) is 4.22. The van der Waals surface area contributed by atoms with E-state index in [1.54, 1.807) is 12.1 Å². The van der Waals surface area contributed by atoms with Crippen LogP contribution in [0.1, 0.15) is 5.56 Å². The molecule has 4 rings (SSSR count). The van der Waals surface area contributed by atoms with Gasteiger partial charge >= 0.3 is 0 Å². The lowest BCUT2D eigenvalue weighted by Crippen LogP contribution is -1.85. The predicted molar refractivity (Wildman–Crippen MR) is 95.1 cm³/mol. The first-order valence-electron chi connectivity index (χ1n) is 7.85. The number of hydrogen-bond donors (Lipinski definition) is 2. The lowest BCUT2D eigenvalue weighted by molar-refractivity contribution is 0.469. The third-order valence-corrected chi connectivity index (χ3v) is 4.22. The summed E-state index contributed by atoms with van der Waals surface area (Å²) >= 11 is 0. The maximum absolute atomic E-state index is 14.5.